The number of rotatable bonds is 6. The van der Waals surface area contributed by atoms with E-state index in [1.807, 2.05) is 0 Å². The number of amides is 2. The molecular weight excluding hydrogens is 749 g/mol. The van der Waals surface area contributed by atoms with Gasteiger partial charge in [0.15, 0.2) is 23.1 Å². The monoisotopic (exact) mass is 770 g/mol. The molecule has 0 saturated heterocycles. The second kappa shape index (κ2) is 12.9. The van der Waals surface area contributed by atoms with Crippen molar-refractivity contribution in [1.82, 2.24) is 0 Å². The lowest BCUT2D eigenvalue weighted by Gasteiger charge is -2.18. The number of ketones is 4. The number of anilines is 2. The SMILES string of the molecule is O=C(Nc1cc2sc3cc(NC(=O)c4ccc5c(c4)C(=O)c4ccccc4C5=O)c(C(=O)O)cc3c2cc1C(=O)O)c1ccc2c(c1)C(=O)c1ccccc1C2=O. The first-order chi connectivity index (χ1) is 27.4. The van der Waals surface area contributed by atoms with Crippen molar-refractivity contribution in [2.75, 3.05) is 10.6 Å². The fourth-order valence-electron chi connectivity index (χ4n) is 7.30. The van der Waals surface area contributed by atoms with E-state index >= 15 is 0 Å². The maximum absolute atomic E-state index is 13.5. The average Bonchev–Trinajstić information content (AvgIpc) is 3.56. The molecule has 2 amide bonds. The van der Waals surface area contributed by atoms with Crippen LogP contribution in [-0.4, -0.2) is 57.1 Å². The molecule has 1 heterocycles. The molecule has 4 N–H and O–H groups in total. The van der Waals surface area contributed by atoms with E-state index in [9.17, 15) is 48.6 Å². The molecule has 13 heteroatoms. The van der Waals surface area contributed by atoms with Gasteiger partial charge in [-0.25, -0.2) is 9.59 Å². The van der Waals surface area contributed by atoms with Gasteiger partial charge in [-0.3, -0.25) is 28.8 Å². The molecule has 0 bridgehead atoms. The molecule has 0 fully saturated rings. The molecule has 2 aliphatic carbocycles. The molecule has 0 saturated carbocycles. The predicted octanol–water partition coefficient (Wildman–Crippen LogP) is 7.51. The quantitative estimate of drug-likeness (QED) is 0.131. The van der Waals surface area contributed by atoms with E-state index in [0.29, 0.717) is 20.2 Å². The third-order valence-electron chi connectivity index (χ3n) is 10.1. The lowest BCUT2D eigenvalue weighted by molar-refractivity contribution is 0.0687. The molecule has 0 atom stereocenters. The maximum atomic E-state index is 13.5. The Morgan fingerprint density at radius 2 is 0.754 bits per heavy atom. The third kappa shape index (κ3) is 5.52. The minimum Gasteiger partial charge on any atom is -0.478 e. The van der Waals surface area contributed by atoms with Gasteiger partial charge in [0.05, 0.1) is 22.5 Å². The van der Waals surface area contributed by atoms with Crippen molar-refractivity contribution < 1.29 is 48.6 Å². The lowest BCUT2D eigenvalue weighted by atomic mass is 9.83. The first-order valence-corrected chi connectivity index (χ1v) is 18.0. The Balaban J connectivity index is 1.04. The zero-order valence-corrected chi connectivity index (χ0v) is 29.8. The highest BCUT2D eigenvalue weighted by molar-refractivity contribution is 7.25. The highest BCUT2D eigenvalue weighted by Crippen LogP contribution is 2.40. The van der Waals surface area contributed by atoms with Crippen LogP contribution in [0.5, 0.6) is 0 Å². The van der Waals surface area contributed by atoms with E-state index in [2.05, 4.69) is 10.6 Å². The second-order valence-corrected chi connectivity index (χ2v) is 14.4. The number of thiophene rings is 1. The number of hydrogen-bond acceptors (Lipinski definition) is 9. The van der Waals surface area contributed by atoms with E-state index in [1.165, 1.54) is 72.8 Å². The van der Waals surface area contributed by atoms with Gasteiger partial charge in [-0.15, -0.1) is 11.3 Å². The number of nitrogens with one attached hydrogen (secondary N) is 2. The maximum Gasteiger partial charge on any atom is 0.337 e. The van der Waals surface area contributed by atoms with Crippen LogP contribution in [0.4, 0.5) is 11.4 Å². The second-order valence-electron chi connectivity index (χ2n) is 13.3. The first-order valence-electron chi connectivity index (χ1n) is 17.2. The largest absolute Gasteiger partial charge is 0.478 e. The van der Waals surface area contributed by atoms with Crippen LogP contribution in [0.3, 0.4) is 0 Å². The van der Waals surface area contributed by atoms with Gasteiger partial charge in [0.2, 0.25) is 0 Å². The summed E-state index contributed by atoms with van der Waals surface area (Å²) >= 11 is 1.15. The van der Waals surface area contributed by atoms with Crippen molar-refractivity contribution in [1.29, 1.82) is 0 Å². The highest BCUT2D eigenvalue weighted by atomic mass is 32.1. The molecule has 7 aromatic rings. The van der Waals surface area contributed by atoms with Gasteiger partial charge in [0.1, 0.15) is 0 Å². The molecule has 57 heavy (non-hydrogen) atoms. The first kappa shape index (κ1) is 34.8. The summed E-state index contributed by atoms with van der Waals surface area (Å²) in [5.74, 6) is -5.82. The van der Waals surface area contributed by atoms with E-state index in [4.69, 9.17) is 0 Å². The summed E-state index contributed by atoms with van der Waals surface area (Å²) < 4.78 is 0.956. The zero-order chi connectivity index (χ0) is 39.9. The molecule has 9 rings (SSSR count). The Morgan fingerprint density at radius 1 is 0.421 bits per heavy atom. The topological polar surface area (TPSA) is 201 Å². The minimum atomic E-state index is -1.38. The van der Waals surface area contributed by atoms with Gasteiger partial charge in [0.25, 0.3) is 11.8 Å². The van der Waals surface area contributed by atoms with Crippen LogP contribution in [0.25, 0.3) is 20.2 Å². The number of carbonyl (C=O) groups excluding carboxylic acids is 6. The smallest absolute Gasteiger partial charge is 0.337 e. The molecule has 0 spiro atoms. The summed E-state index contributed by atoms with van der Waals surface area (Å²) in [5.41, 5.74) is 0.584. The van der Waals surface area contributed by atoms with Crippen molar-refractivity contribution in [3.8, 4) is 0 Å². The fourth-order valence-corrected chi connectivity index (χ4v) is 8.45. The average molecular weight is 771 g/mol. The van der Waals surface area contributed by atoms with Gasteiger partial charge in [-0.1, -0.05) is 48.5 Å². The summed E-state index contributed by atoms with van der Waals surface area (Å²) in [4.78, 5) is 105. The van der Waals surface area contributed by atoms with Crippen LogP contribution in [0.1, 0.15) is 105 Å². The van der Waals surface area contributed by atoms with Crippen LogP contribution in [0, 0.1) is 0 Å². The number of fused-ring (bicyclic) bond motifs is 7. The minimum absolute atomic E-state index is 0.00764. The highest BCUT2D eigenvalue weighted by Gasteiger charge is 2.32. The van der Waals surface area contributed by atoms with Gasteiger partial charge >= 0.3 is 11.9 Å². The molecule has 2 aliphatic rings. The van der Waals surface area contributed by atoms with E-state index in [-0.39, 0.29) is 89.7 Å². The number of carbonyl (C=O) groups is 8. The Labute approximate surface area is 324 Å². The van der Waals surface area contributed by atoms with Crippen molar-refractivity contribution in [2.24, 2.45) is 0 Å². The summed E-state index contributed by atoms with van der Waals surface area (Å²) in [6.07, 6.45) is 0. The number of aromatic carboxylic acids is 2. The third-order valence-corrected chi connectivity index (χ3v) is 11.2. The fraction of sp³-hybridized carbons (Fsp3) is 0. The van der Waals surface area contributed by atoms with E-state index in [1.54, 1.807) is 36.4 Å². The molecule has 0 radical (unpaired) electrons. The standard InChI is InChI=1S/C44H22N2O10S/c47-37-21-5-1-3-7-23(21)39(49)29-13-19(9-11-25(29)37)41(51)45-33-17-35-27(15-31(33)43(53)54)28-16-32(44(55)56)34(18-36(28)57-35)46-42(52)20-10-12-26-30(14-20)40(50)24-8-4-2-6-22(24)38(26)48/h1-18H,(H,45,51)(H,46,52)(H,53,54)(H,55,56). The Morgan fingerprint density at radius 3 is 1.11 bits per heavy atom. The normalized spacial score (nSPS) is 12.8. The van der Waals surface area contributed by atoms with Gasteiger partial charge < -0.3 is 20.8 Å². The summed E-state index contributed by atoms with van der Waals surface area (Å²) in [6.45, 7) is 0. The van der Waals surface area contributed by atoms with Crippen LogP contribution in [0.2, 0.25) is 0 Å². The van der Waals surface area contributed by atoms with Crippen LogP contribution in [-0.2, 0) is 0 Å². The molecule has 274 valence electrons. The Hall–Kier alpha value is -7.90. The molecule has 6 aromatic carbocycles. The lowest BCUT2D eigenvalue weighted by Crippen LogP contribution is -2.22. The zero-order valence-electron chi connectivity index (χ0n) is 29.0. The number of carboxylic acids is 2. The van der Waals surface area contributed by atoms with Gasteiger partial charge in [-0.05, 0) is 60.7 Å². The molecule has 1 aromatic heterocycles. The molecular formula is C44H22N2O10S. The van der Waals surface area contributed by atoms with Crippen LogP contribution < -0.4 is 10.6 Å². The number of carboxylic acid groups (broad SMARTS) is 2. The molecule has 12 nitrogen and oxygen atoms in total. The van der Waals surface area contributed by atoms with Crippen LogP contribution >= 0.6 is 11.3 Å². The molecule has 0 aliphatic heterocycles. The van der Waals surface area contributed by atoms with Gasteiger partial charge in [0, 0.05) is 75.8 Å². The van der Waals surface area contributed by atoms with E-state index in [0.717, 1.165) is 11.3 Å². The Bertz CT molecular complexity index is 2900. The summed E-state index contributed by atoms with van der Waals surface area (Å²) in [6, 6.07) is 26.3. The van der Waals surface area contributed by atoms with Crippen molar-refractivity contribution >= 4 is 89.8 Å². The summed E-state index contributed by atoms with van der Waals surface area (Å²) in [5, 5.41) is 26.3. The van der Waals surface area contributed by atoms with E-state index < -0.39 is 35.3 Å². The number of benzene rings is 6. The Kier molecular flexibility index (Phi) is 7.86. The summed E-state index contributed by atoms with van der Waals surface area (Å²) in [7, 11) is 0. The molecule has 0 unspecified atom stereocenters. The van der Waals surface area contributed by atoms with Gasteiger partial charge in [-0.2, -0.15) is 0 Å². The van der Waals surface area contributed by atoms with Crippen molar-refractivity contribution in [3.63, 3.8) is 0 Å². The predicted molar refractivity (Wildman–Crippen MR) is 209 cm³/mol. The number of hydrogen-bond donors (Lipinski definition) is 4. The van der Waals surface area contributed by atoms with Crippen LogP contribution in [0.15, 0.2) is 109 Å². The van der Waals surface area contributed by atoms with Crippen molar-refractivity contribution in [2.45, 2.75) is 0 Å². The van der Waals surface area contributed by atoms with Crippen molar-refractivity contribution in [3.05, 3.63) is 176 Å².